The Morgan fingerprint density at radius 1 is 1.58 bits per heavy atom. The lowest BCUT2D eigenvalue weighted by Crippen LogP contribution is -2.51. The highest BCUT2D eigenvalue weighted by molar-refractivity contribution is 9.10. The molecule has 0 bridgehead atoms. The normalized spacial score (nSPS) is 19.2. The number of halogens is 1. The van der Waals surface area contributed by atoms with Crippen molar-refractivity contribution in [3.8, 4) is 0 Å². The van der Waals surface area contributed by atoms with Crippen molar-refractivity contribution in [1.82, 2.24) is 5.32 Å². The summed E-state index contributed by atoms with van der Waals surface area (Å²) in [6.45, 7) is 2.79. The predicted octanol–water partition coefficient (Wildman–Crippen LogP) is 2.38. The Kier molecular flexibility index (Phi) is 4.09. The fourth-order valence-corrected chi connectivity index (χ4v) is 2.38. The molecule has 2 rings (SSSR count). The number of aryl methyl sites for hydroxylation is 1. The van der Waals surface area contributed by atoms with Crippen molar-refractivity contribution in [3.63, 3.8) is 0 Å². The third-order valence-electron chi connectivity index (χ3n) is 3.14. The molecule has 2 N–H and O–H groups in total. The SMILES string of the molecule is Cc1cc(N2CC(CC(=O)O)CNC2=O)ccc1Br. The zero-order valence-corrected chi connectivity index (χ0v) is 12.1. The number of nitrogens with one attached hydrogen (secondary N) is 1. The van der Waals surface area contributed by atoms with E-state index in [0.29, 0.717) is 13.1 Å². The first-order valence-electron chi connectivity index (χ1n) is 6.00. The van der Waals surface area contributed by atoms with E-state index in [0.717, 1.165) is 15.7 Å². The van der Waals surface area contributed by atoms with Crippen LogP contribution in [-0.2, 0) is 4.79 Å². The van der Waals surface area contributed by atoms with Crippen molar-refractivity contribution in [2.45, 2.75) is 13.3 Å². The molecule has 1 heterocycles. The second-order valence-corrected chi connectivity index (χ2v) is 5.55. The standard InChI is InChI=1S/C13H15BrN2O3/c1-8-4-10(2-3-11(8)14)16-7-9(5-12(17)18)6-15-13(16)19/h2-4,9H,5-7H2,1H3,(H,15,19)(H,17,18). The maximum atomic E-state index is 11.9. The summed E-state index contributed by atoms with van der Waals surface area (Å²) in [4.78, 5) is 24.2. The predicted molar refractivity (Wildman–Crippen MR) is 75.4 cm³/mol. The minimum Gasteiger partial charge on any atom is -0.481 e. The summed E-state index contributed by atoms with van der Waals surface area (Å²) in [5.74, 6) is -0.910. The first kappa shape index (κ1) is 13.9. The van der Waals surface area contributed by atoms with E-state index in [-0.39, 0.29) is 18.4 Å². The number of anilines is 1. The van der Waals surface area contributed by atoms with E-state index in [1.165, 1.54) is 0 Å². The fraction of sp³-hybridized carbons (Fsp3) is 0.385. The van der Waals surface area contributed by atoms with Gasteiger partial charge in [0.1, 0.15) is 0 Å². The molecular weight excluding hydrogens is 312 g/mol. The molecule has 6 heteroatoms. The molecule has 0 aliphatic carbocycles. The Hall–Kier alpha value is -1.56. The van der Waals surface area contributed by atoms with Crippen LogP contribution >= 0.6 is 15.9 Å². The van der Waals surface area contributed by atoms with Crippen LogP contribution in [0.4, 0.5) is 10.5 Å². The number of aliphatic carboxylic acids is 1. The van der Waals surface area contributed by atoms with Crippen molar-refractivity contribution in [2.75, 3.05) is 18.0 Å². The van der Waals surface area contributed by atoms with Crippen molar-refractivity contribution in [2.24, 2.45) is 5.92 Å². The summed E-state index contributed by atoms with van der Waals surface area (Å²) in [6, 6.07) is 5.47. The van der Waals surface area contributed by atoms with Gasteiger partial charge in [-0.2, -0.15) is 0 Å². The van der Waals surface area contributed by atoms with Gasteiger partial charge in [-0.15, -0.1) is 0 Å². The molecule has 1 aliphatic heterocycles. The molecule has 0 radical (unpaired) electrons. The van der Waals surface area contributed by atoms with E-state index in [4.69, 9.17) is 5.11 Å². The zero-order chi connectivity index (χ0) is 14.0. The third-order valence-corrected chi connectivity index (χ3v) is 4.03. The zero-order valence-electron chi connectivity index (χ0n) is 10.5. The average Bonchev–Trinajstić information content (AvgIpc) is 2.34. The maximum Gasteiger partial charge on any atom is 0.321 e. The van der Waals surface area contributed by atoms with Crippen LogP contribution in [0.1, 0.15) is 12.0 Å². The largest absolute Gasteiger partial charge is 0.481 e. The number of carboxylic acids is 1. The van der Waals surface area contributed by atoms with Gasteiger partial charge in [0.25, 0.3) is 0 Å². The van der Waals surface area contributed by atoms with Gasteiger partial charge in [-0.3, -0.25) is 9.69 Å². The van der Waals surface area contributed by atoms with Gasteiger partial charge in [-0.05, 0) is 30.7 Å². The average molecular weight is 327 g/mol. The number of urea groups is 1. The van der Waals surface area contributed by atoms with Gasteiger partial charge in [0.05, 0.1) is 6.42 Å². The minimum absolute atomic E-state index is 0.0618. The fourth-order valence-electron chi connectivity index (χ4n) is 2.14. The number of nitrogens with zero attached hydrogens (tertiary/aromatic N) is 1. The number of carbonyl (C=O) groups excluding carboxylic acids is 1. The summed E-state index contributed by atoms with van der Waals surface area (Å²) in [6.07, 6.45) is 0.0618. The molecule has 1 unspecified atom stereocenters. The molecule has 19 heavy (non-hydrogen) atoms. The number of hydrogen-bond acceptors (Lipinski definition) is 2. The molecular formula is C13H15BrN2O3. The molecule has 2 amide bonds. The Balaban J connectivity index is 2.18. The van der Waals surface area contributed by atoms with Crippen molar-refractivity contribution >= 4 is 33.6 Å². The number of carboxylic acid groups (broad SMARTS) is 1. The second-order valence-electron chi connectivity index (χ2n) is 4.69. The molecule has 0 spiro atoms. The van der Waals surface area contributed by atoms with E-state index in [2.05, 4.69) is 21.2 Å². The van der Waals surface area contributed by atoms with Crippen LogP contribution in [0.25, 0.3) is 0 Å². The summed E-state index contributed by atoms with van der Waals surface area (Å²) in [7, 11) is 0. The molecule has 0 aromatic heterocycles. The lowest BCUT2D eigenvalue weighted by molar-refractivity contribution is -0.138. The quantitative estimate of drug-likeness (QED) is 0.895. The number of rotatable bonds is 3. The molecule has 1 atom stereocenters. The molecule has 1 aromatic rings. The van der Waals surface area contributed by atoms with Gasteiger partial charge in [0.15, 0.2) is 0 Å². The number of amides is 2. The first-order valence-corrected chi connectivity index (χ1v) is 6.80. The van der Waals surface area contributed by atoms with Gasteiger partial charge in [0.2, 0.25) is 0 Å². The highest BCUT2D eigenvalue weighted by atomic mass is 79.9. The monoisotopic (exact) mass is 326 g/mol. The van der Waals surface area contributed by atoms with Crippen molar-refractivity contribution < 1.29 is 14.7 Å². The minimum atomic E-state index is -0.840. The summed E-state index contributed by atoms with van der Waals surface area (Å²) >= 11 is 3.42. The Labute approximate surface area is 119 Å². The van der Waals surface area contributed by atoms with Gasteiger partial charge in [0, 0.05) is 29.2 Å². The molecule has 102 valence electrons. The first-order chi connectivity index (χ1) is 8.97. The van der Waals surface area contributed by atoms with E-state index >= 15 is 0 Å². The lowest BCUT2D eigenvalue weighted by atomic mass is 10.0. The van der Waals surface area contributed by atoms with Crippen LogP contribution in [0.15, 0.2) is 22.7 Å². The van der Waals surface area contributed by atoms with Crippen LogP contribution in [0.3, 0.4) is 0 Å². The Morgan fingerprint density at radius 3 is 2.95 bits per heavy atom. The third kappa shape index (κ3) is 3.26. The van der Waals surface area contributed by atoms with Crippen molar-refractivity contribution in [1.29, 1.82) is 0 Å². The van der Waals surface area contributed by atoms with Gasteiger partial charge < -0.3 is 10.4 Å². The number of carbonyl (C=O) groups is 2. The summed E-state index contributed by atoms with van der Waals surface area (Å²) < 4.78 is 0.982. The lowest BCUT2D eigenvalue weighted by Gasteiger charge is -2.32. The number of benzene rings is 1. The highest BCUT2D eigenvalue weighted by Gasteiger charge is 2.27. The Bertz CT molecular complexity index is 519. The molecule has 1 aromatic carbocycles. The summed E-state index contributed by atoms with van der Waals surface area (Å²) in [5, 5.41) is 11.6. The van der Waals surface area contributed by atoms with E-state index in [1.54, 1.807) is 4.90 Å². The maximum absolute atomic E-state index is 11.9. The van der Waals surface area contributed by atoms with E-state index in [9.17, 15) is 9.59 Å². The smallest absolute Gasteiger partial charge is 0.321 e. The topological polar surface area (TPSA) is 69.6 Å². The molecule has 1 aliphatic rings. The summed E-state index contributed by atoms with van der Waals surface area (Å²) in [5.41, 5.74) is 1.82. The van der Waals surface area contributed by atoms with Crippen LogP contribution in [0, 0.1) is 12.8 Å². The van der Waals surface area contributed by atoms with Gasteiger partial charge >= 0.3 is 12.0 Å². The molecule has 1 saturated heterocycles. The Morgan fingerprint density at radius 2 is 2.32 bits per heavy atom. The van der Waals surface area contributed by atoms with E-state index in [1.807, 2.05) is 25.1 Å². The second kappa shape index (κ2) is 5.61. The number of hydrogen-bond donors (Lipinski definition) is 2. The van der Waals surface area contributed by atoms with Crippen LogP contribution in [0.5, 0.6) is 0 Å². The molecule has 1 fully saturated rings. The molecule has 5 nitrogen and oxygen atoms in total. The van der Waals surface area contributed by atoms with Crippen LogP contribution < -0.4 is 10.2 Å². The van der Waals surface area contributed by atoms with Gasteiger partial charge in [-0.1, -0.05) is 15.9 Å². The van der Waals surface area contributed by atoms with E-state index < -0.39 is 5.97 Å². The van der Waals surface area contributed by atoms with Crippen LogP contribution in [0.2, 0.25) is 0 Å². The van der Waals surface area contributed by atoms with Gasteiger partial charge in [-0.25, -0.2) is 4.79 Å². The highest BCUT2D eigenvalue weighted by Crippen LogP contribution is 2.25. The van der Waals surface area contributed by atoms with Crippen molar-refractivity contribution in [3.05, 3.63) is 28.2 Å². The molecule has 0 saturated carbocycles. The van der Waals surface area contributed by atoms with Crippen LogP contribution in [-0.4, -0.2) is 30.2 Å².